The number of hydrogen-bond acceptors (Lipinski definition) is 7. The SMILES string of the molecule is CN1CCCCC1CCOc1cnc(-c2cccc(Cn3nc(-c4cccc(N)c4)ccc3=O)c2)nc1. The van der Waals surface area contributed by atoms with E-state index < -0.39 is 0 Å². The van der Waals surface area contributed by atoms with Crippen LogP contribution in [0.1, 0.15) is 31.2 Å². The highest BCUT2D eigenvalue weighted by Crippen LogP contribution is 2.21. The predicted molar refractivity (Wildman–Crippen MR) is 145 cm³/mol. The first-order valence-corrected chi connectivity index (χ1v) is 12.7. The largest absolute Gasteiger partial charge is 0.490 e. The van der Waals surface area contributed by atoms with Crippen LogP contribution < -0.4 is 16.0 Å². The molecular weight excluding hydrogens is 464 g/mol. The fourth-order valence-electron chi connectivity index (χ4n) is 4.76. The fourth-order valence-corrected chi connectivity index (χ4v) is 4.76. The van der Waals surface area contributed by atoms with E-state index in [2.05, 4.69) is 27.0 Å². The minimum Gasteiger partial charge on any atom is -0.490 e. The standard InChI is InChI=1S/C29H32N6O2/c1-34-14-3-2-10-25(34)13-15-37-26-18-31-29(32-19-26)23-8-4-6-21(16-23)20-35-28(36)12-11-27(33-35)22-7-5-9-24(30)17-22/h4-9,11-12,16-19,25H,2-3,10,13-15,20,30H2,1H3. The summed E-state index contributed by atoms with van der Waals surface area (Å²) in [7, 11) is 2.19. The number of nitrogen functional groups attached to an aromatic ring is 1. The molecule has 0 aliphatic carbocycles. The molecular formula is C29H32N6O2. The van der Waals surface area contributed by atoms with Gasteiger partial charge in [0, 0.05) is 28.9 Å². The van der Waals surface area contributed by atoms with Crippen LogP contribution in [-0.4, -0.2) is 50.9 Å². The van der Waals surface area contributed by atoms with Gasteiger partial charge in [-0.3, -0.25) is 4.79 Å². The van der Waals surface area contributed by atoms with Gasteiger partial charge in [-0.2, -0.15) is 5.10 Å². The summed E-state index contributed by atoms with van der Waals surface area (Å²) in [5.41, 5.74) is 9.74. The quantitative estimate of drug-likeness (QED) is 0.364. The second-order valence-corrected chi connectivity index (χ2v) is 9.55. The highest BCUT2D eigenvalue weighted by atomic mass is 16.5. The third kappa shape index (κ3) is 6.21. The molecule has 0 amide bonds. The summed E-state index contributed by atoms with van der Waals surface area (Å²) in [5.74, 6) is 1.28. The molecule has 0 radical (unpaired) electrons. The number of piperidine rings is 1. The lowest BCUT2D eigenvalue weighted by atomic mass is 10.0. The third-order valence-electron chi connectivity index (χ3n) is 6.84. The minimum atomic E-state index is -0.171. The van der Waals surface area contributed by atoms with E-state index >= 15 is 0 Å². The lowest BCUT2D eigenvalue weighted by Crippen LogP contribution is -2.37. The average Bonchev–Trinajstić information content (AvgIpc) is 2.92. The lowest BCUT2D eigenvalue weighted by molar-refractivity contribution is 0.153. The Bertz CT molecular complexity index is 1400. The van der Waals surface area contributed by atoms with Crippen molar-refractivity contribution in [3.8, 4) is 28.4 Å². The summed E-state index contributed by atoms with van der Waals surface area (Å²) in [5, 5.41) is 4.56. The van der Waals surface area contributed by atoms with Gasteiger partial charge < -0.3 is 15.4 Å². The van der Waals surface area contributed by atoms with E-state index in [1.807, 2.05) is 48.5 Å². The third-order valence-corrected chi connectivity index (χ3v) is 6.84. The van der Waals surface area contributed by atoms with Gasteiger partial charge in [0.05, 0.1) is 31.2 Å². The Kier molecular flexibility index (Phi) is 7.56. The first-order valence-electron chi connectivity index (χ1n) is 12.7. The maximum atomic E-state index is 12.5. The number of likely N-dealkylation sites (tertiary alicyclic amines) is 1. The molecule has 1 atom stereocenters. The van der Waals surface area contributed by atoms with Crippen molar-refractivity contribution < 1.29 is 4.74 Å². The molecule has 5 rings (SSSR count). The Morgan fingerprint density at radius 2 is 1.81 bits per heavy atom. The number of ether oxygens (including phenoxy) is 1. The fraction of sp³-hybridized carbons (Fsp3) is 0.310. The number of benzene rings is 2. The van der Waals surface area contributed by atoms with E-state index in [1.165, 1.54) is 36.6 Å². The van der Waals surface area contributed by atoms with Gasteiger partial charge in [0.1, 0.15) is 0 Å². The Labute approximate surface area is 216 Å². The minimum absolute atomic E-state index is 0.171. The van der Waals surface area contributed by atoms with Gasteiger partial charge in [0.25, 0.3) is 5.56 Å². The molecule has 1 aliphatic heterocycles. The molecule has 1 saturated heterocycles. The maximum absolute atomic E-state index is 12.5. The predicted octanol–water partition coefficient (Wildman–Crippen LogP) is 4.25. The number of rotatable bonds is 8. The molecule has 1 unspecified atom stereocenters. The smallest absolute Gasteiger partial charge is 0.267 e. The summed E-state index contributed by atoms with van der Waals surface area (Å²) >= 11 is 0. The van der Waals surface area contributed by atoms with Gasteiger partial charge in [-0.1, -0.05) is 36.8 Å². The van der Waals surface area contributed by atoms with Crippen molar-refractivity contribution in [3.63, 3.8) is 0 Å². The first-order chi connectivity index (χ1) is 18.0. The molecule has 3 heterocycles. The van der Waals surface area contributed by atoms with E-state index in [-0.39, 0.29) is 5.56 Å². The van der Waals surface area contributed by atoms with E-state index in [4.69, 9.17) is 10.5 Å². The molecule has 8 heteroatoms. The van der Waals surface area contributed by atoms with Crippen molar-refractivity contribution in [3.05, 3.63) is 89.0 Å². The van der Waals surface area contributed by atoms with Gasteiger partial charge in [0.15, 0.2) is 11.6 Å². The van der Waals surface area contributed by atoms with Gasteiger partial charge in [0.2, 0.25) is 0 Å². The second-order valence-electron chi connectivity index (χ2n) is 9.55. The van der Waals surface area contributed by atoms with Crippen LogP contribution in [0.3, 0.4) is 0 Å². The van der Waals surface area contributed by atoms with Crippen molar-refractivity contribution in [1.82, 2.24) is 24.6 Å². The second kappa shape index (κ2) is 11.3. The van der Waals surface area contributed by atoms with Crippen LogP contribution in [0.25, 0.3) is 22.6 Å². The number of aromatic nitrogens is 4. The van der Waals surface area contributed by atoms with Crippen LogP contribution in [0.5, 0.6) is 5.75 Å². The molecule has 8 nitrogen and oxygen atoms in total. The average molecular weight is 497 g/mol. The van der Waals surface area contributed by atoms with E-state index in [0.29, 0.717) is 42.1 Å². The number of nitrogens with two attached hydrogens (primary N) is 1. The highest BCUT2D eigenvalue weighted by molar-refractivity contribution is 5.63. The zero-order chi connectivity index (χ0) is 25.6. The zero-order valence-corrected chi connectivity index (χ0v) is 21.1. The van der Waals surface area contributed by atoms with Crippen LogP contribution in [0, 0.1) is 0 Å². The molecule has 0 spiro atoms. The van der Waals surface area contributed by atoms with E-state index in [0.717, 1.165) is 23.1 Å². The molecule has 190 valence electrons. The Morgan fingerprint density at radius 3 is 2.62 bits per heavy atom. The normalized spacial score (nSPS) is 16.0. The Morgan fingerprint density at radius 1 is 1.00 bits per heavy atom. The molecule has 37 heavy (non-hydrogen) atoms. The van der Waals surface area contributed by atoms with Crippen LogP contribution in [0.4, 0.5) is 5.69 Å². The summed E-state index contributed by atoms with van der Waals surface area (Å²) in [4.78, 5) is 24.0. The lowest BCUT2D eigenvalue weighted by Gasteiger charge is -2.32. The van der Waals surface area contributed by atoms with E-state index in [9.17, 15) is 4.79 Å². The van der Waals surface area contributed by atoms with Crippen molar-refractivity contribution in [2.75, 3.05) is 25.9 Å². The number of nitrogens with zero attached hydrogens (tertiary/aromatic N) is 5. The van der Waals surface area contributed by atoms with Gasteiger partial charge in [-0.15, -0.1) is 0 Å². The molecule has 1 aliphatic rings. The number of hydrogen-bond donors (Lipinski definition) is 1. The molecule has 0 bridgehead atoms. The van der Waals surface area contributed by atoms with Crippen molar-refractivity contribution in [2.45, 2.75) is 38.3 Å². The summed E-state index contributed by atoms with van der Waals surface area (Å²) in [6, 6.07) is 19.1. The molecule has 4 aromatic rings. The van der Waals surface area contributed by atoms with Crippen molar-refractivity contribution >= 4 is 5.69 Å². The summed E-state index contributed by atoms with van der Waals surface area (Å²) < 4.78 is 7.37. The Balaban J connectivity index is 1.25. The molecule has 1 fully saturated rings. The van der Waals surface area contributed by atoms with Crippen LogP contribution in [-0.2, 0) is 6.54 Å². The molecule has 2 N–H and O–H groups in total. The molecule has 2 aromatic carbocycles. The van der Waals surface area contributed by atoms with E-state index in [1.54, 1.807) is 18.5 Å². The van der Waals surface area contributed by atoms with Gasteiger partial charge >= 0.3 is 0 Å². The zero-order valence-electron chi connectivity index (χ0n) is 21.1. The summed E-state index contributed by atoms with van der Waals surface area (Å²) in [6.07, 6.45) is 8.27. The monoisotopic (exact) mass is 496 g/mol. The maximum Gasteiger partial charge on any atom is 0.267 e. The Hall–Kier alpha value is -4.04. The van der Waals surface area contributed by atoms with Gasteiger partial charge in [-0.05, 0) is 62.7 Å². The molecule has 0 saturated carbocycles. The van der Waals surface area contributed by atoms with Crippen LogP contribution in [0.15, 0.2) is 77.9 Å². The number of anilines is 1. The molecule has 2 aromatic heterocycles. The highest BCUT2D eigenvalue weighted by Gasteiger charge is 2.18. The topological polar surface area (TPSA) is 99.2 Å². The van der Waals surface area contributed by atoms with Gasteiger partial charge in [-0.25, -0.2) is 14.6 Å². The van der Waals surface area contributed by atoms with Crippen LogP contribution >= 0.6 is 0 Å². The van der Waals surface area contributed by atoms with Crippen molar-refractivity contribution in [1.29, 1.82) is 0 Å². The first kappa shape index (κ1) is 24.6. The van der Waals surface area contributed by atoms with Crippen molar-refractivity contribution in [2.24, 2.45) is 0 Å². The summed E-state index contributed by atoms with van der Waals surface area (Å²) in [6.45, 7) is 2.16. The van der Waals surface area contributed by atoms with Crippen LogP contribution in [0.2, 0.25) is 0 Å².